The van der Waals surface area contributed by atoms with Gasteiger partial charge in [-0.05, 0) is 56.5 Å². The van der Waals surface area contributed by atoms with E-state index in [1.54, 1.807) is 6.92 Å². The Labute approximate surface area is 285 Å². The highest BCUT2D eigenvalue weighted by Gasteiger charge is 2.47. The third-order valence-electron chi connectivity index (χ3n) is 8.42. The maximum absolute atomic E-state index is 13.7. The van der Waals surface area contributed by atoms with Gasteiger partial charge in [0.25, 0.3) is 0 Å². The van der Waals surface area contributed by atoms with E-state index in [1.807, 2.05) is 18.7 Å². The predicted molar refractivity (Wildman–Crippen MR) is 171 cm³/mol. The average molecular weight is 715 g/mol. The Morgan fingerprint density at radius 3 is 2.12 bits per heavy atom. The Balaban J connectivity index is 0.00000105. The molecule has 1 aromatic carbocycles. The fraction of sp³-hybridized carbons (Fsp3) is 0.515. The first kappa shape index (κ1) is 38.6. The molecule has 4 heterocycles. The van der Waals surface area contributed by atoms with E-state index in [0.29, 0.717) is 44.1 Å². The van der Waals surface area contributed by atoms with Crippen LogP contribution in [0.3, 0.4) is 0 Å². The molecule has 0 saturated carbocycles. The number of nitrogens with zero attached hydrogens (tertiary/aromatic N) is 5. The average Bonchev–Trinajstić information content (AvgIpc) is 3.07. The molecule has 3 N–H and O–H groups in total. The lowest BCUT2D eigenvalue weighted by Gasteiger charge is -2.45. The van der Waals surface area contributed by atoms with Gasteiger partial charge in [0.15, 0.2) is 0 Å². The van der Waals surface area contributed by atoms with Crippen molar-refractivity contribution in [3.05, 3.63) is 70.4 Å². The number of amides is 1. The van der Waals surface area contributed by atoms with E-state index in [-0.39, 0.29) is 59.7 Å². The molecule has 1 fully saturated rings. The number of ether oxygens (including phenoxy) is 3. The zero-order valence-corrected chi connectivity index (χ0v) is 28.1. The van der Waals surface area contributed by atoms with Crippen molar-refractivity contribution in [3.8, 4) is 5.88 Å². The molecule has 1 amide bonds. The SMILES string of the molecule is CCOCC.CC[C@]1(N)C[C@H](c2ncc(N3CCOCC3)c(Cc3cc(C(F)(F)F)cc(C(F)(F)F)c3)n2)c2nc(OC)ccc2N1C(=O)O. The summed E-state index contributed by atoms with van der Waals surface area (Å²) < 4.78 is 97.5. The van der Waals surface area contributed by atoms with Gasteiger partial charge in [0, 0.05) is 38.8 Å². The van der Waals surface area contributed by atoms with Crippen LogP contribution >= 0.6 is 0 Å². The molecule has 5 rings (SSSR count). The summed E-state index contributed by atoms with van der Waals surface area (Å²) in [6.45, 7) is 8.87. The number of aromatic nitrogens is 3. The number of hydrogen-bond acceptors (Lipinski definition) is 9. The van der Waals surface area contributed by atoms with Crippen LogP contribution in [0.5, 0.6) is 5.88 Å². The van der Waals surface area contributed by atoms with E-state index in [4.69, 9.17) is 24.9 Å². The van der Waals surface area contributed by atoms with Crippen molar-refractivity contribution in [3.63, 3.8) is 0 Å². The van der Waals surface area contributed by atoms with Gasteiger partial charge in [-0.15, -0.1) is 0 Å². The summed E-state index contributed by atoms with van der Waals surface area (Å²) in [5, 5.41) is 10.1. The smallest absolute Gasteiger partial charge is 0.416 e. The minimum Gasteiger partial charge on any atom is -0.481 e. The topological polar surface area (TPSA) is 136 Å². The van der Waals surface area contributed by atoms with Gasteiger partial charge < -0.3 is 30.0 Å². The van der Waals surface area contributed by atoms with Gasteiger partial charge in [0.1, 0.15) is 11.5 Å². The van der Waals surface area contributed by atoms with Crippen molar-refractivity contribution in [2.24, 2.45) is 5.73 Å². The summed E-state index contributed by atoms with van der Waals surface area (Å²) in [5.41, 5.74) is 3.13. The van der Waals surface area contributed by atoms with Crippen LogP contribution in [-0.2, 0) is 28.2 Å². The van der Waals surface area contributed by atoms with Gasteiger partial charge in [-0.2, -0.15) is 26.3 Å². The first-order valence-electron chi connectivity index (χ1n) is 16.0. The van der Waals surface area contributed by atoms with Gasteiger partial charge in [-0.25, -0.2) is 19.7 Å². The van der Waals surface area contributed by atoms with E-state index >= 15 is 0 Å². The molecule has 11 nitrogen and oxygen atoms in total. The van der Waals surface area contributed by atoms with Crippen molar-refractivity contribution >= 4 is 17.5 Å². The molecule has 50 heavy (non-hydrogen) atoms. The number of methoxy groups -OCH3 is 1. The van der Waals surface area contributed by atoms with Crippen molar-refractivity contribution in [1.82, 2.24) is 15.0 Å². The van der Waals surface area contributed by atoms with Crippen LogP contribution in [0.15, 0.2) is 36.5 Å². The number of carboxylic acid groups (broad SMARTS) is 1. The Bertz CT molecular complexity index is 1600. The molecule has 0 radical (unpaired) electrons. The second-order valence-electron chi connectivity index (χ2n) is 11.6. The summed E-state index contributed by atoms with van der Waals surface area (Å²) in [7, 11) is 1.39. The molecular weight excluding hydrogens is 674 g/mol. The van der Waals surface area contributed by atoms with E-state index in [1.165, 1.54) is 25.4 Å². The minimum absolute atomic E-state index is 0.0128. The van der Waals surface area contributed by atoms with Gasteiger partial charge in [-0.1, -0.05) is 6.92 Å². The number of alkyl halides is 6. The number of anilines is 2. The van der Waals surface area contributed by atoms with Crippen LogP contribution < -0.4 is 20.3 Å². The number of pyridine rings is 1. The zero-order valence-electron chi connectivity index (χ0n) is 28.1. The van der Waals surface area contributed by atoms with Crippen LogP contribution in [0.4, 0.5) is 42.5 Å². The van der Waals surface area contributed by atoms with Crippen LogP contribution in [0, 0.1) is 0 Å². The number of benzene rings is 1. The number of fused-ring (bicyclic) bond motifs is 1. The fourth-order valence-corrected chi connectivity index (χ4v) is 5.91. The molecule has 17 heteroatoms. The monoisotopic (exact) mass is 714 g/mol. The Morgan fingerprint density at radius 2 is 1.62 bits per heavy atom. The van der Waals surface area contributed by atoms with Gasteiger partial charge >= 0.3 is 18.4 Å². The van der Waals surface area contributed by atoms with Crippen molar-refractivity contribution in [2.75, 3.05) is 56.4 Å². The number of carbonyl (C=O) groups is 1. The lowest BCUT2D eigenvalue weighted by atomic mass is 9.83. The first-order valence-corrected chi connectivity index (χ1v) is 16.0. The molecule has 0 bridgehead atoms. The van der Waals surface area contributed by atoms with Gasteiger partial charge in [0.2, 0.25) is 5.88 Å². The van der Waals surface area contributed by atoms with Crippen LogP contribution in [-0.4, -0.2) is 78.4 Å². The highest BCUT2D eigenvalue weighted by atomic mass is 19.4. The molecule has 1 saturated heterocycles. The minimum atomic E-state index is -5.02. The zero-order chi connectivity index (χ0) is 36.9. The molecule has 2 aromatic heterocycles. The van der Waals surface area contributed by atoms with Crippen molar-refractivity contribution < 1.29 is 50.5 Å². The standard InChI is InChI=1S/C29H30F6N6O4.C4H10O/c1-3-27(36)14-19(24-21(41(27)26(42)43)4-5-23(39-24)44-2)25-37-15-22(40-6-8-45-9-7-40)20(38-25)12-16-10-17(28(30,31)32)13-18(11-16)29(33,34)35;1-3-5-4-2/h4-5,10-11,13,15,19H,3,6-9,12,14,36H2,1-2H3,(H,42,43);3-4H2,1-2H3/t19-,27+;/m0./s1. The maximum Gasteiger partial charge on any atom is 0.416 e. The highest BCUT2D eigenvalue weighted by molar-refractivity contribution is 5.89. The van der Waals surface area contributed by atoms with Crippen LogP contribution in [0.2, 0.25) is 0 Å². The molecule has 3 aromatic rings. The molecular formula is C33H40F6N6O5. The third-order valence-corrected chi connectivity index (χ3v) is 8.42. The van der Waals surface area contributed by atoms with E-state index in [0.717, 1.165) is 18.1 Å². The summed E-state index contributed by atoms with van der Waals surface area (Å²) in [6, 6.07) is 4.41. The number of morpholine rings is 1. The van der Waals surface area contributed by atoms with Gasteiger partial charge in [0.05, 0.1) is 66.3 Å². The summed E-state index contributed by atoms with van der Waals surface area (Å²) in [6.07, 6.45) is -10.1. The quantitative estimate of drug-likeness (QED) is 0.250. The fourth-order valence-electron chi connectivity index (χ4n) is 5.91. The first-order chi connectivity index (χ1) is 23.6. The lowest BCUT2D eigenvalue weighted by Crippen LogP contribution is -2.61. The molecule has 0 spiro atoms. The molecule has 0 aliphatic carbocycles. The largest absolute Gasteiger partial charge is 0.481 e. The second-order valence-corrected chi connectivity index (χ2v) is 11.6. The molecule has 0 unspecified atom stereocenters. The summed E-state index contributed by atoms with van der Waals surface area (Å²) >= 11 is 0. The Kier molecular flexibility index (Phi) is 12.2. The highest BCUT2D eigenvalue weighted by Crippen LogP contribution is 2.45. The van der Waals surface area contributed by atoms with Crippen LogP contribution in [0.1, 0.15) is 73.4 Å². The number of hydrogen-bond donors (Lipinski definition) is 2. The molecule has 2 aliphatic rings. The third kappa shape index (κ3) is 8.73. The lowest BCUT2D eigenvalue weighted by molar-refractivity contribution is -0.143. The number of rotatable bonds is 8. The predicted octanol–water partition coefficient (Wildman–Crippen LogP) is 6.47. The number of nitrogens with two attached hydrogens (primary N) is 1. The molecule has 2 atom stereocenters. The normalized spacial score (nSPS) is 19.4. The van der Waals surface area contributed by atoms with Crippen LogP contribution in [0.25, 0.3) is 0 Å². The van der Waals surface area contributed by atoms with E-state index < -0.39 is 41.2 Å². The van der Waals surface area contributed by atoms with Crippen molar-refractivity contribution in [1.29, 1.82) is 0 Å². The Hall–Kier alpha value is -4.22. The van der Waals surface area contributed by atoms with E-state index in [9.17, 15) is 36.2 Å². The summed E-state index contributed by atoms with van der Waals surface area (Å²) in [5.74, 6) is -0.486. The summed E-state index contributed by atoms with van der Waals surface area (Å²) in [4.78, 5) is 29.0. The number of halogens is 6. The van der Waals surface area contributed by atoms with Crippen molar-refractivity contribution in [2.45, 2.75) is 64.0 Å². The molecule has 2 aliphatic heterocycles. The van der Waals surface area contributed by atoms with Gasteiger partial charge in [-0.3, -0.25) is 4.90 Å². The molecule has 274 valence electrons. The second kappa shape index (κ2) is 15.8. The van der Waals surface area contributed by atoms with E-state index in [2.05, 4.69) is 9.97 Å². The Morgan fingerprint density at radius 1 is 1.00 bits per heavy atom. The maximum atomic E-state index is 13.7.